The van der Waals surface area contributed by atoms with Gasteiger partial charge in [0.1, 0.15) is 17.6 Å². The number of carbonyl (C=O) groups excluding carboxylic acids is 1. The van der Waals surface area contributed by atoms with Crippen LogP contribution >= 0.6 is 0 Å². The van der Waals surface area contributed by atoms with Gasteiger partial charge in [-0.2, -0.15) is 0 Å². The molecule has 1 amide bonds. The highest BCUT2D eigenvalue weighted by Crippen LogP contribution is 2.42. The lowest BCUT2D eigenvalue weighted by atomic mass is 9.91. The van der Waals surface area contributed by atoms with Crippen molar-refractivity contribution in [2.75, 3.05) is 19.6 Å². The molecule has 0 saturated carbocycles. The molecule has 3 aliphatic rings. The van der Waals surface area contributed by atoms with Crippen LogP contribution in [0.1, 0.15) is 87.6 Å². The maximum Gasteiger partial charge on any atom is 0.271 e. The normalized spacial score (nSPS) is 28.4. The molecule has 0 aliphatic carbocycles. The molecule has 202 valence electrons. The topological polar surface area (TPSA) is 75.1 Å². The third kappa shape index (κ3) is 5.43. The lowest BCUT2D eigenvalue weighted by molar-refractivity contribution is -0.143. The van der Waals surface area contributed by atoms with Gasteiger partial charge >= 0.3 is 0 Å². The number of halogens is 2. The van der Waals surface area contributed by atoms with Crippen LogP contribution in [0.2, 0.25) is 0 Å². The van der Waals surface area contributed by atoms with Gasteiger partial charge in [0.25, 0.3) is 5.92 Å². The molecule has 3 saturated heterocycles. The summed E-state index contributed by atoms with van der Waals surface area (Å²) in [5.41, 5.74) is 0.969. The molecular formula is C28H40F2N6O. The first-order chi connectivity index (χ1) is 17.7. The zero-order valence-corrected chi connectivity index (χ0v) is 22.2. The predicted molar refractivity (Wildman–Crippen MR) is 139 cm³/mol. The number of alkyl halides is 2. The lowest BCUT2D eigenvalue weighted by Crippen LogP contribution is -2.52. The van der Waals surface area contributed by atoms with Crippen LogP contribution in [0.4, 0.5) is 8.78 Å². The zero-order chi connectivity index (χ0) is 26.2. The minimum Gasteiger partial charge on any atom is -0.349 e. The molecule has 1 aromatic heterocycles. The van der Waals surface area contributed by atoms with Crippen molar-refractivity contribution in [2.45, 2.75) is 95.3 Å². The number of piperidine rings is 2. The molecule has 3 fully saturated rings. The molecule has 5 rings (SSSR count). The number of amides is 1. The highest BCUT2D eigenvalue weighted by atomic mass is 19.3. The summed E-state index contributed by atoms with van der Waals surface area (Å²) in [6, 6.07) is 10.9. The van der Waals surface area contributed by atoms with Gasteiger partial charge in [-0.05, 0) is 57.6 Å². The quantitative estimate of drug-likeness (QED) is 0.547. The standard InChI is InChI=1S/C28H40F2N6O/c1-18(2)26-34-33-19(3)36(26)23-15-21-9-10-22(16-23)35(21)14-12-25(20-7-5-4-6-8-20)32-27(37)24-11-13-31-17-28(24,29)30/h4-8,18,21-25,31H,9-17H2,1-3H3,(H,32,37)/t21-,22+,23?,24?,25-/m0/s1. The zero-order valence-electron chi connectivity index (χ0n) is 22.2. The van der Waals surface area contributed by atoms with E-state index in [1.807, 2.05) is 37.3 Å². The van der Waals surface area contributed by atoms with Gasteiger partial charge in [0.15, 0.2) is 0 Å². The Hall–Kier alpha value is -2.39. The molecule has 0 spiro atoms. The van der Waals surface area contributed by atoms with E-state index >= 15 is 0 Å². The number of aromatic nitrogens is 3. The third-order valence-electron chi connectivity index (χ3n) is 8.62. The molecule has 2 aromatic rings. The number of fused-ring (bicyclic) bond motifs is 2. The fourth-order valence-electron chi connectivity index (χ4n) is 6.77. The summed E-state index contributed by atoms with van der Waals surface area (Å²) in [6.45, 7) is 7.22. The average Bonchev–Trinajstić information content (AvgIpc) is 3.37. The minimum atomic E-state index is -3.03. The Morgan fingerprint density at radius 3 is 2.46 bits per heavy atom. The molecule has 9 heteroatoms. The Kier molecular flexibility index (Phi) is 7.63. The van der Waals surface area contributed by atoms with Gasteiger partial charge in [0.05, 0.1) is 12.6 Å². The largest absolute Gasteiger partial charge is 0.349 e. The van der Waals surface area contributed by atoms with E-state index in [1.54, 1.807) is 0 Å². The SMILES string of the molecule is Cc1nnc(C(C)C)n1C1C[C@H]2CC[C@@H](C1)N2CC[C@H](NC(=O)C1CCNCC1(F)F)c1ccccc1. The number of hydrogen-bond acceptors (Lipinski definition) is 5. The average molecular weight is 515 g/mol. The smallest absolute Gasteiger partial charge is 0.271 e. The van der Waals surface area contributed by atoms with E-state index < -0.39 is 24.3 Å². The monoisotopic (exact) mass is 514 g/mol. The minimum absolute atomic E-state index is 0.152. The molecule has 0 radical (unpaired) electrons. The van der Waals surface area contributed by atoms with Crippen molar-refractivity contribution < 1.29 is 13.6 Å². The lowest BCUT2D eigenvalue weighted by Gasteiger charge is -2.41. The van der Waals surface area contributed by atoms with Crippen LogP contribution < -0.4 is 10.6 Å². The summed E-state index contributed by atoms with van der Waals surface area (Å²) in [5, 5.41) is 14.5. The molecule has 7 nitrogen and oxygen atoms in total. The van der Waals surface area contributed by atoms with Crippen LogP contribution in [-0.4, -0.2) is 63.2 Å². The van der Waals surface area contributed by atoms with Gasteiger partial charge in [-0.25, -0.2) is 8.78 Å². The molecule has 2 bridgehead atoms. The molecule has 2 N–H and O–H groups in total. The first-order valence-corrected chi connectivity index (χ1v) is 13.9. The number of benzene rings is 1. The van der Waals surface area contributed by atoms with Crippen LogP contribution in [0, 0.1) is 12.8 Å². The van der Waals surface area contributed by atoms with E-state index in [9.17, 15) is 13.6 Å². The second kappa shape index (κ2) is 10.8. The van der Waals surface area contributed by atoms with Crippen LogP contribution in [0.5, 0.6) is 0 Å². The molecule has 4 heterocycles. The van der Waals surface area contributed by atoms with Crippen molar-refractivity contribution in [3.63, 3.8) is 0 Å². The van der Waals surface area contributed by atoms with Gasteiger partial charge in [0, 0.05) is 30.6 Å². The fourth-order valence-corrected chi connectivity index (χ4v) is 6.77. The van der Waals surface area contributed by atoms with E-state index in [-0.39, 0.29) is 12.5 Å². The van der Waals surface area contributed by atoms with Crippen LogP contribution in [0.25, 0.3) is 0 Å². The number of nitrogens with one attached hydrogen (secondary N) is 2. The number of aryl methyl sites for hydroxylation is 1. The molecular weight excluding hydrogens is 474 g/mol. The van der Waals surface area contributed by atoms with Crippen LogP contribution in [-0.2, 0) is 4.79 Å². The van der Waals surface area contributed by atoms with E-state index in [4.69, 9.17) is 0 Å². The summed E-state index contributed by atoms with van der Waals surface area (Å²) in [4.78, 5) is 15.6. The maximum absolute atomic E-state index is 14.5. The Morgan fingerprint density at radius 2 is 1.81 bits per heavy atom. The summed E-state index contributed by atoms with van der Waals surface area (Å²) < 4.78 is 31.3. The highest BCUT2D eigenvalue weighted by Gasteiger charge is 2.47. The fraction of sp³-hybridized carbons (Fsp3) is 0.679. The molecule has 2 unspecified atom stereocenters. The second-order valence-corrected chi connectivity index (χ2v) is 11.4. The van der Waals surface area contributed by atoms with Gasteiger partial charge in [-0.1, -0.05) is 44.2 Å². The molecule has 3 aliphatic heterocycles. The summed E-state index contributed by atoms with van der Waals surface area (Å²) in [5.74, 6) is -2.46. The van der Waals surface area contributed by atoms with E-state index in [0.29, 0.717) is 37.0 Å². The van der Waals surface area contributed by atoms with Crippen LogP contribution in [0.15, 0.2) is 30.3 Å². The Labute approximate surface area is 218 Å². The van der Waals surface area contributed by atoms with Crippen molar-refractivity contribution >= 4 is 5.91 Å². The molecule has 1 aromatic carbocycles. The summed E-state index contributed by atoms with van der Waals surface area (Å²) >= 11 is 0. The Bertz CT molecular complexity index is 1060. The van der Waals surface area contributed by atoms with Crippen molar-refractivity contribution in [2.24, 2.45) is 5.92 Å². The van der Waals surface area contributed by atoms with Crippen molar-refractivity contribution in [1.82, 2.24) is 30.3 Å². The van der Waals surface area contributed by atoms with Gasteiger partial charge < -0.3 is 15.2 Å². The first-order valence-electron chi connectivity index (χ1n) is 13.9. The number of nitrogens with zero attached hydrogens (tertiary/aromatic N) is 4. The summed E-state index contributed by atoms with van der Waals surface area (Å²) in [7, 11) is 0. The second-order valence-electron chi connectivity index (χ2n) is 11.4. The van der Waals surface area contributed by atoms with E-state index in [1.165, 1.54) is 12.8 Å². The predicted octanol–water partition coefficient (Wildman–Crippen LogP) is 4.37. The maximum atomic E-state index is 14.5. The molecule has 5 atom stereocenters. The Balaban J connectivity index is 1.27. The van der Waals surface area contributed by atoms with Gasteiger partial charge in [-0.15, -0.1) is 10.2 Å². The molecule has 37 heavy (non-hydrogen) atoms. The first kappa shape index (κ1) is 26.2. The van der Waals surface area contributed by atoms with Gasteiger partial charge in [-0.3, -0.25) is 9.69 Å². The summed E-state index contributed by atoms with van der Waals surface area (Å²) in [6.07, 6.45) is 5.33. The van der Waals surface area contributed by atoms with Crippen molar-refractivity contribution in [3.05, 3.63) is 47.5 Å². The van der Waals surface area contributed by atoms with E-state index in [2.05, 4.69) is 44.1 Å². The number of rotatable bonds is 8. The van der Waals surface area contributed by atoms with Gasteiger partial charge in [0.2, 0.25) is 5.91 Å². The number of carbonyl (C=O) groups is 1. The van der Waals surface area contributed by atoms with Crippen molar-refractivity contribution in [3.8, 4) is 0 Å². The number of hydrogen-bond donors (Lipinski definition) is 2. The highest BCUT2D eigenvalue weighted by molar-refractivity contribution is 5.80. The Morgan fingerprint density at radius 1 is 1.11 bits per heavy atom. The third-order valence-corrected chi connectivity index (χ3v) is 8.62. The van der Waals surface area contributed by atoms with E-state index in [0.717, 1.165) is 36.6 Å². The van der Waals surface area contributed by atoms with Crippen LogP contribution in [0.3, 0.4) is 0 Å². The van der Waals surface area contributed by atoms with Crippen molar-refractivity contribution in [1.29, 1.82) is 0 Å².